The Morgan fingerprint density at radius 3 is 2.53 bits per heavy atom. The quantitative estimate of drug-likeness (QED) is 0.496. The topological polar surface area (TPSA) is 76.4 Å². The average Bonchev–Trinajstić information content (AvgIpc) is 2.21. The Balaban J connectivity index is 3.67. The van der Waals surface area contributed by atoms with E-state index in [1.54, 1.807) is 0 Å². The van der Waals surface area contributed by atoms with Gasteiger partial charge in [0.2, 0.25) is 0 Å². The predicted octanol–water partition coefficient (Wildman–Crippen LogP) is 1.81. The molecule has 1 atom stereocenters. The summed E-state index contributed by atoms with van der Waals surface area (Å²) >= 11 is 0. The number of rotatable bonds is 6. The number of ether oxygens (including phenoxy) is 2. The summed E-state index contributed by atoms with van der Waals surface area (Å²) in [7, 11) is 1.19. The number of unbranched alkanes of at least 4 members (excludes halogenated alkanes) is 1. The molecule has 5 nitrogen and oxygen atoms in total. The van der Waals surface area contributed by atoms with Crippen molar-refractivity contribution < 1.29 is 19.1 Å². The maximum Gasteiger partial charge on any atom is 0.509 e. The Bertz CT molecular complexity index is 257. The van der Waals surface area contributed by atoms with Crippen LogP contribution in [0.25, 0.3) is 0 Å². The number of carbonyl (C=O) groups is 2. The Hall–Kier alpha value is -1.57. The van der Waals surface area contributed by atoms with Crippen molar-refractivity contribution in [3.63, 3.8) is 0 Å². The van der Waals surface area contributed by atoms with E-state index >= 15 is 0 Å². The van der Waals surface area contributed by atoms with E-state index in [1.807, 2.05) is 6.07 Å². The highest BCUT2D eigenvalue weighted by Crippen LogP contribution is 2.07. The molecular weight excluding hydrogens is 198 g/mol. The van der Waals surface area contributed by atoms with Crippen LogP contribution < -0.4 is 0 Å². The van der Waals surface area contributed by atoms with Crippen molar-refractivity contribution in [2.45, 2.75) is 38.7 Å². The molecule has 84 valence electrons. The normalized spacial score (nSPS) is 11.3. The van der Waals surface area contributed by atoms with Crippen molar-refractivity contribution in [1.82, 2.24) is 0 Å². The summed E-state index contributed by atoms with van der Waals surface area (Å²) in [5.74, 6) is 0.123. The maximum atomic E-state index is 10.7. The molecule has 0 aromatic carbocycles. The molecule has 0 aliphatic carbocycles. The lowest BCUT2D eigenvalue weighted by molar-refractivity contribution is -0.117. The van der Waals surface area contributed by atoms with Crippen LogP contribution in [0.2, 0.25) is 0 Å². The van der Waals surface area contributed by atoms with Gasteiger partial charge in [0.25, 0.3) is 0 Å². The molecular formula is C10H15NO4. The van der Waals surface area contributed by atoms with E-state index in [1.165, 1.54) is 14.0 Å². The van der Waals surface area contributed by atoms with Gasteiger partial charge in [-0.2, -0.15) is 5.26 Å². The van der Waals surface area contributed by atoms with E-state index in [0.29, 0.717) is 25.7 Å². The standard InChI is InChI=1S/C10H15NO4/c1-8(12)5-3-4-6-9(7-11)15-10(13)14-2/h9H,3-6H2,1-2H3. The highest BCUT2D eigenvalue weighted by molar-refractivity contribution is 5.75. The molecule has 15 heavy (non-hydrogen) atoms. The first-order valence-corrected chi connectivity index (χ1v) is 4.73. The van der Waals surface area contributed by atoms with Crippen molar-refractivity contribution in [3.8, 4) is 6.07 Å². The molecule has 0 saturated heterocycles. The number of hydrogen-bond acceptors (Lipinski definition) is 5. The molecule has 0 saturated carbocycles. The van der Waals surface area contributed by atoms with Gasteiger partial charge in [-0.3, -0.25) is 0 Å². The van der Waals surface area contributed by atoms with E-state index in [0.717, 1.165) is 0 Å². The fraction of sp³-hybridized carbons (Fsp3) is 0.700. The van der Waals surface area contributed by atoms with Gasteiger partial charge in [0.05, 0.1) is 7.11 Å². The fourth-order valence-corrected chi connectivity index (χ4v) is 1.02. The lowest BCUT2D eigenvalue weighted by Gasteiger charge is -2.08. The molecule has 0 rings (SSSR count). The van der Waals surface area contributed by atoms with E-state index in [-0.39, 0.29) is 5.78 Å². The molecule has 0 aliphatic rings. The minimum Gasteiger partial charge on any atom is -0.438 e. The van der Waals surface area contributed by atoms with Gasteiger partial charge in [-0.1, -0.05) is 0 Å². The third kappa shape index (κ3) is 7.50. The van der Waals surface area contributed by atoms with Crippen LogP contribution in [-0.4, -0.2) is 25.2 Å². The SMILES string of the molecule is COC(=O)OC(C#N)CCCCC(C)=O. The average molecular weight is 213 g/mol. The molecule has 0 fully saturated rings. The lowest BCUT2D eigenvalue weighted by atomic mass is 10.1. The monoisotopic (exact) mass is 213 g/mol. The summed E-state index contributed by atoms with van der Waals surface area (Å²) in [6.07, 6.45) is 0.666. The zero-order valence-electron chi connectivity index (χ0n) is 8.99. The van der Waals surface area contributed by atoms with E-state index in [9.17, 15) is 9.59 Å². The molecule has 0 spiro atoms. The molecule has 0 N–H and O–H groups in total. The van der Waals surface area contributed by atoms with Crippen molar-refractivity contribution in [3.05, 3.63) is 0 Å². The Morgan fingerprint density at radius 1 is 1.40 bits per heavy atom. The van der Waals surface area contributed by atoms with Gasteiger partial charge in [0.15, 0.2) is 6.10 Å². The van der Waals surface area contributed by atoms with E-state index < -0.39 is 12.3 Å². The Morgan fingerprint density at radius 2 is 2.07 bits per heavy atom. The second-order valence-electron chi connectivity index (χ2n) is 3.14. The smallest absolute Gasteiger partial charge is 0.438 e. The molecule has 0 aromatic heterocycles. The van der Waals surface area contributed by atoms with E-state index in [2.05, 4.69) is 9.47 Å². The second-order valence-corrected chi connectivity index (χ2v) is 3.14. The van der Waals surface area contributed by atoms with Crippen LogP contribution in [0.4, 0.5) is 4.79 Å². The number of nitrogens with zero attached hydrogens (tertiary/aromatic N) is 1. The molecule has 5 heteroatoms. The van der Waals surface area contributed by atoms with Crippen LogP contribution in [0, 0.1) is 11.3 Å². The first-order valence-electron chi connectivity index (χ1n) is 4.73. The molecule has 0 heterocycles. The van der Waals surface area contributed by atoms with Crippen LogP contribution in [0.1, 0.15) is 32.6 Å². The highest BCUT2D eigenvalue weighted by Gasteiger charge is 2.13. The summed E-state index contributed by atoms with van der Waals surface area (Å²) < 4.78 is 8.91. The summed E-state index contributed by atoms with van der Waals surface area (Å²) in [5, 5.41) is 8.63. The van der Waals surface area contributed by atoms with Gasteiger partial charge in [0.1, 0.15) is 11.9 Å². The van der Waals surface area contributed by atoms with Gasteiger partial charge in [-0.25, -0.2) is 4.79 Å². The third-order valence-electron chi connectivity index (χ3n) is 1.79. The third-order valence-corrected chi connectivity index (χ3v) is 1.79. The summed E-state index contributed by atoms with van der Waals surface area (Å²) in [6, 6.07) is 1.85. The largest absolute Gasteiger partial charge is 0.509 e. The van der Waals surface area contributed by atoms with Crippen molar-refractivity contribution in [1.29, 1.82) is 5.26 Å². The number of ketones is 1. The first-order chi connectivity index (χ1) is 7.10. The van der Waals surface area contributed by atoms with Crippen molar-refractivity contribution in [2.75, 3.05) is 7.11 Å². The zero-order chi connectivity index (χ0) is 11.7. The predicted molar refractivity (Wildman–Crippen MR) is 52.0 cm³/mol. The lowest BCUT2D eigenvalue weighted by Crippen LogP contribution is -2.16. The first kappa shape index (κ1) is 13.4. The number of nitriles is 1. The second kappa shape index (κ2) is 7.80. The fourth-order valence-electron chi connectivity index (χ4n) is 1.02. The van der Waals surface area contributed by atoms with Crippen molar-refractivity contribution in [2.24, 2.45) is 0 Å². The number of hydrogen-bond donors (Lipinski definition) is 0. The number of Topliss-reactive ketones (excluding diaryl/α,β-unsaturated/α-hetero) is 1. The molecule has 0 aromatic rings. The Labute approximate surface area is 89.0 Å². The van der Waals surface area contributed by atoms with Gasteiger partial charge < -0.3 is 14.3 Å². The minimum absolute atomic E-state index is 0.123. The zero-order valence-corrected chi connectivity index (χ0v) is 8.99. The molecule has 0 aliphatic heterocycles. The minimum atomic E-state index is -0.854. The Kier molecular flexibility index (Phi) is 6.98. The molecule has 0 bridgehead atoms. The number of carbonyl (C=O) groups excluding carboxylic acids is 2. The highest BCUT2D eigenvalue weighted by atomic mass is 16.7. The van der Waals surface area contributed by atoms with Crippen LogP contribution in [-0.2, 0) is 14.3 Å². The van der Waals surface area contributed by atoms with Crippen LogP contribution in [0.15, 0.2) is 0 Å². The van der Waals surface area contributed by atoms with Crippen LogP contribution in [0.3, 0.4) is 0 Å². The molecule has 1 unspecified atom stereocenters. The van der Waals surface area contributed by atoms with Crippen LogP contribution in [0.5, 0.6) is 0 Å². The van der Waals surface area contributed by atoms with Gasteiger partial charge >= 0.3 is 6.16 Å². The van der Waals surface area contributed by atoms with Crippen molar-refractivity contribution >= 4 is 11.9 Å². The van der Waals surface area contributed by atoms with Gasteiger partial charge in [0, 0.05) is 6.42 Å². The molecule has 0 radical (unpaired) electrons. The van der Waals surface area contributed by atoms with E-state index in [4.69, 9.17) is 5.26 Å². The summed E-state index contributed by atoms with van der Waals surface area (Å²) in [4.78, 5) is 21.3. The van der Waals surface area contributed by atoms with Gasteiger partial charge in [-0.15, -0.1) is 0 Å². The maximum absolute atomic E-state index is 10.7. The number of methoxy groups -OCH3 is 1. The molecule has 0 amide bonds. The van der Waals surface area contributed by atoms with Crippen LogP contribution >= 0.6 is 0 Å². The summed E-state index contributed by atoms with van der Waals surface area (Å²) in [5.41, 5.74) is 0. The summed E-state index contributed by atoms with van der Waals surface area (Å²) in [6.45, 7) is 1.52. The van der Waals surface area contributed by atoms with Gasteiger partial charge in [-0.05, 0) is 26.2 Å².